The SMILES string of the molecule is O=c1c2cc3c(cc2nc(SCc2nc(-c4ccc(Cl)cc4)no2)n1C1CCCC1)OCO3. The molecule has 0 N–H and O–H groups in total. The summed E-state index contributed by atoms with van der Waals surface area (Å²) in [6, 6.07) is 10.9. The van der Waals surface area contributed by atoms with Crippen molar-refractivity contribution in [2.24, 2.45) is 0 Å². The van der Waals surface area contributed by atoms with E-state index in [1.165, 1.54) is 11.8 Å². The van der Waals surface area contributed by atoms with Crippen molar-refractivity contribution in [3.63, 3.8) is 0 Å². The lowest BCUT2D eigenvalue weighted by Crippen LogP contribution is -2.26. The summed E-state index contributed by atoms with van der Waals surface area (Å²) < 4.78 is 18.2. The molecule has 0 spiro atoms. The summed E-state index contributed by atoms with van der Waals surface area (Å²) in [7, 11) is 0. The highest BCUT2D eigenvalue weighted by molar-refractivity contribution is 7.98. The van der Waals surface area contributed by atoms with E-state index < -0.39 is 0 Å². The Morgan fingerprint density at radius 1 is 1.06 bits per heavy atom. The average molecular weight is 483 g/mol. The molecule has 6 rings (SSSR count). The standard InChI is InChI=1S/C23H19ClN4O4S/c24-14-7-5-13(6-8-14)21-26-20(32-27-21)11-33-23-25-17-10-19-18(30-12-31-19)9-16(17)22(29)28(23)15-3-1-2-4-15/h5-10,15H,1-4,11-12H2. The lowest BCUT2D eigenvalue weighted by molar-refractivity contribution is 0.174. The monoisotopic (exact) mass is 482 g/mol. The van der Waals surface area contributed by atoms with Gasteiger partial charge >= 0.3 is 0 Å². The first-order valence-corrected chi connectivity index (χ1v) is 12.1. The van der Waals surface area contributed by atoms with E-state index in [1.54, 1.807) is 24.3 Å². The largest absolute Gasteiger partial charge is 0.454 e. The third-order valence-electron chi connectivity index (χ3n) is 5.95. The number of hydrogen-bond donors (Lipinski definition) is 0. The molecule has 0 unspecified atom stereocenters. The molecule has 33 heavy (non-hydrogen) atoms. The Balaban J connectivity index is 1.34. The van der Waals surface area contributed by atoms with Gasteiger partial charge in [0.25, 0.3) is 5.56 Å². The molecule has 1 saturated carbocycles. The van der Waals surface area contributed by atoms with Crippen LogP contribution in [-0.2, 0) is 5.75 Å². The molecule has 0 bridgehead atoms. The quantitative estimate of drug-likeness (QED) is 0.282. The lowest BCUT2D eigenvalue weighted by atomic mass is 10.2. The Morgan fingerprint density at radius 3 is 2.61 bits per heavy atom. The van der Waals surface area contributed by atoms with Crippen LogP contribution in [0.3, 0.4) is 0 Å². The second-order valence-corrected chi connectivity index (χ2v) is 9.42. The van der Waals surface area contributed by atoms with Crippen molar-refractivity contribution < 1.29 is 14.0 Å². The summed E-state index contributed by atoms with van der Waals surface area (Å²) in [6.07, 6.45) is 4.14. The van der Waals surface area contributed by atoms with Crippen LogP contribution in [0.2, 0.25) is 5.02 Å². The van der Waals surface area contributed by atoms with Crippen molar-refractivity contribution in [3.05, 3.63) is 57.7 Å². The van der Waals surface area contributed by atoms with Crippen molar-refractivity contribution in [2.45, 2.75) is 42.6 Å². The van der Waals surface area contributed by atoms with E-state index in [9.17, 15) is 4.79 Å². The molecular weight excluding hydrogens is 464 g/mol. The molecule has 3 heterocycles. The maximum absolute atomic E-state index is 13.5. The van der Waals surface area contributed by atoms with Crippen molar-refractivity contribution in [1.82, 2.24) is 19.7 Å². The summed E-state index contributed by atoms with van der Waals surface area (Å²) in [4.78, 5) is 22.8. The minimum Gasteiger partial charge on any atom is -0.454 e. The molecular formula is C23H19ClN4O4S. The van der Waals surface area contributed by atoms with Gasteiger partial charge in [-0.3, -0.25) is 9.36 Å². The first-order valence-electron chi connectivity index (χ1n) is 10.7. The van der Waals surface area contributed by atoms with Gasteiger partial charge in [-0.15, -0.1) is 0 Å². The maximum atomic E-state index is 13.5. The minimum absolute atomic E-state index is 0.0555. The van der Waals surface area contributed by atoms with E-state index in [2.05, 4.69) is 10.1 Å². The summed E-state index contributed by atoms with van der Waals surface area (Å²) in [5, 5.41) is 5.90. The van der Waals surface area contributed by atoms with Gasteiger partial charge in [0.05, 0.1) is 16.7 Å². The highest BCUT2D eigenvalue weighted by Crippen LogP contribution is 2.37. The molecule has 1 aliphatic heterocycles. The zero-order valence-electron chi connectivity index (χ0n) is 17.5. The fourth-order valence-corrected chi connectivity index (χ4v) is 5.34. The number of fused-ring (bicyclic) bond motifs is 2. The van der Waals surface area contributed by atoms with Gasteiger partial charge in [-0.2, -0.15) is 4.98 Å². The van der Waals surface area contributed by atoms with E-state index in [4.69, 9.17) is 30.6 Å². The zero-order valence-corrected chi connectivity index (χ0v) is 19.1. The third kappa shape index (κ3) is 3.85. The highest BCUT2D eigenvalue weighted by Gasteiger charge is 2.25. The Morgan fingerprint density at radius 2 is 1.82 bits per heavy atom. The number of nitrogens with zero attached hydrogens (tertiary/aromatic N) is 4. The highest BCUT2D eigenvalue weighted by atomic mass is 35.5. The number of ether oxygens (including phenoxy) is 2. The topological polar surface area (TPSA) is 92.3 Å². The van der Waals surface area contributed by atoms with Crippen LogP contribution < -0.4 is 15.0 Å². The van der Waals surface area contributed by atoms with Gasteiger partial charge in [0.15, 0.2) is 16.7 Å². The fraction of sp³-hybridized carbons (Fsp3) is 0.304. The van der Waals surface area contributed by atoms with Gasteiger partial charge in [0.1, 0.15) is 0 Å². The first-order chi connectivity index (χ1) is 16.2. The Hall–Kier alpha value is -3.04. The fourth-order valence-electron chi connectivity index (χ4n) is 4.31. The van der Waals surface area contributed by atoms with Gasteiger partial charge < -0.3 is 14.0 Å². The number of thioether (sulfide) groups is 1. The van der Waals surface area contributed by atoms with Gasteiger partial charge in [-0.25, -0.2) is 4.98 Å². The normalized spacial score (nSPS) is 15.5. The summed E-state index contributed by atoms with van der Waals surface area (Å²) in [5.74, 6) is 2.54. The molecule has 1 aliphatic carbocycles. The smallest absolute Gasteiger partial charge is 0.262 e. The van der Waals surface area contributed by atoms with Crippen LogP contribution >= 0.6 is 23.4 Å². The van der Waals surface area contributed by atoms with Crippen LogP contribution in [0.15, 0.2) is 50.9 Å². The second kappa shape index (κ2) is 8.39. The number of aromatic nitrogens is 4. The van der Waals surface area contributed by atoms with Crippen molar-refractivity contribution in [1.29, 1.82) is 0 Å². The van der Waals surface area contributed by atoms with E-state index in [0.717, 1.165) is 31.2 Å². The first kappa shape index (κ1) is 20.6. The molecule has 4 aromatic rings. The van der Waals surface area contributed by atoms with E-state index in [0.29, 0.717) is 50.0 Å². The summed E-state index contributed by atoms with van der Waals surface area (Å²) in [5.41, 5.74) is 1.36. The molecule has 2 aromatic heterocycles. The maximum Gasteiger partial charge on any atom is 0.262 e. The lowest BCUT2D eigenvalue weighted by Gasteiger charge is -2.18. The third-order valence-corrected chi connectivity index (χ3v) is 7.14. The van der Waals surface area contributed by atoms with Crippen LogP contribution in [0, 0.1) is 0 Å². The van der Waals surface area contributed by atoms with Crippen LogP contribution in [0.5, 0.6) is 11.5 Å². The molecule has 168 valence electrons. The van der Waals surface area contributed by atoms with E-state index >= 15 is 0 Å². The summed E-state index contributed by atoms with van der Waals surface area (Å²) >= 11 is 7.38. The van der Waals surface area contributed by atoms with Gasteiger partial charge in [-0.1, -0.05) is 41.4 Å². The average Bonchev–Trinajstić information content (AvgIpc) is 3.59. The number of benzene rings is 2. The van der Waals surface area contributed by atoms with Crippen LogP contribution in [0.25, 0.3) is 22.3 Å². The Bertz CT molecular complexity index is 1400. The Kier molecular flexibility index (Phi) is 5.22. The van der Waals surface area contributed by atoms with Gasteiger partial charge in [-0.05, 0) is 43.2 Å². The number of rotatable bonds is 5. The van der Waals surface area contributed by atoms with Crippen LogP contribution in [0.4, 0.5) is 0 Å². The zero-order chi connectivity index (χ0) is 22.4. The Labute approximate surface area is 197 Å². The summed E-state index contributed by atoms with van der Waals surface area (Å²) in [6.45, 7) is 0.150. The molecule has 2 aromatic carbocycles. The van der Waals surface area contributed by atoms with E-state index in [-0.39, 0.29) is 18.4 Å². The number of halogens is 1. The minimum atomic E-state index is -0.0555. The molecule has 2 aliphatic rings. The predicted molar refractivity (Wildman–Crippen MR) is 124 cm³/mol. The van der Waals surface area contributed by atoms with Gasteiger partial charge in [0, 0.05) is 22.7 Å². The molecule has 0 atom stereocenters. The van der Waals surface area contributed by atoms with E-state index in [1.807, 2.05) is 16.7 Å². The molecule has 0 amide bonds. The second-order valence-electron chi connectivity index (χ2n) is 8.04. The number of hydrogen-bond acceptors (Lipinski definition) is 8. The van der Waals surface area contributed by atoms with Gasteiger partial charge in [0.2, 0.25) is 18.5 Å². The predicted octanol–water partition coefficient (Wildman–Crippen LogP) is 5.24. The molecule has 0 radical (unpaired) electrons. The van der Waals surface area contributed by atoms with Crippen molar-refractivity contribution in [2.75, 3.05) is 6.79 Å². The van der Waals surface area contributed by atoms with Crippen LogP contribution in [-0.4, -0.2) is 26.5 Å². The molecule has 10 heteroatoms. The van der Waals surface area contributed by atoms with Crippen molar-refractivity contribution >= 4 is 34.3 Å². The van der Waals surface area contributed by atoms with Crippen LogP contribution in [0.1, 0.15) is 37.6 Å². The molecule has 1 fully saturated rings. The van der Waals surface area contributed by atoms with Crippen molar-refractivity contribution in [3.8, 4) is 22.9 Å². The molecule has 0 saturated heterocycles. The molecule has 8 nitrogen and oxygen atoms in total.